The smallest absolute Gasteiger partial charge is 0.270 e. The lowest BCUT2D eigenvalue weighted by Crippen LogP contribution is -2.26. The first-order chi connectivity index (χ1) is 13.6. The summed E-state index contributed by atoms with van der Waals surface area (Å²) in [4.78, 5) is 20.7. The van der Waals surface area contributed by atoms with Crippen LogP contribution >= 0.6 is 22.6 Å². The van der Waals surface area contributed by atoms with Crippen molar-refractivity contribution in [1.29, 1.82) is 0 Å². The molecule has 0 fully saturated rings. The van der Waals surface area contributed by atoms with Crippen molar-refractivity contribution < 1.29 is 13.9 Å². The van der Waals surface area contributed by atoms with Gasteiger partial charge in [-0.05, 0) is 70.8 Å². The summed E-state index contributed by atoms with van der Waals surface area (Å²) in [6.45, 7) is 0.464. The van der Waals surface area contributed by atoms with E-state index in [9.17, 15) is 9.18 Å². The van der Waals surface area contributed by atoms with E-state index >= 15 is 0 Å². The number of aryl methyl sites for hydroxylation is 1. The highest BCUT2D eigenvalue weighted by atomic mass is 127. The van der Waals surface area contributed by atoms with Crippen molar-refractivity contribution in [2.45, 2.75) is 12.8 Å². The Morgan fingerprint density at radius 2 is 2.11 bits per heavy atom. The van der Waals surface area contributed by atoms with Gasteiger partial charge in [0.1, 0.15) is 17.3 Å². The molecule has 0 unspecified atom stereocenters. The molecule has 1 N–H and O–H groups in total. The molecule has 0 atom stereocenters. The number of hydrogen-bond donors (Lipinski definition) is 1. The third-order valence-electron chi connectivity index (χ3n) is 4.17. The molecule has 0 saturated heterocycles. The van der Waals surface area contributed by atoms with E-state index in [0.717, 1.165) is 26.0 Å². The summed E-state index contributed by atoms with van der Waals surface area (Å²) in [6, 6.07) is 10.9. The van der Waals surface area contributed by atoms with E-state index in [4.69, 9.17) is 4.74 Å². The molecule has 3 aromatic rings. The van der Waals surface area contributed by atoms with Crippen LogP contribution < -0.4 is 10.1 Å². The fourth-order valence-corrected chi connectivity index (χ4v) is 3.56. The lowest BCUT2D eigenvalue weighted by atomic mass is 10.0. The van der Waals surface area contributed by atoms with Crippen LogP contribution in [0.15, 0.2) is 55.0 Å². The highest BCUT2D eigenvalue weighted by Gasteiger charge is 2.15. The van der Waals surface area contributed by atoms with E-state index in [2.05, 4.69) is 37.9 Å². The second-order valence-corrected chi connectivity index (χ2v) is 7.28. The van der Waals surface area contributed by atoms with Crippen LogP contribution in [0.4, 0.5) is 4.39 Å². The molecule has 1 aromatic carbocycles. The first kappa shape index (κ1) is 20.2. The van der Waals surface area contributed by atoms with E-state index < -0.39 is 0 Å². The number of methoxy groups -OCH3 is 1. The van der Waals surface area contributed by atoms with Crippen molar-refractivity contribution in [3.05, 3.63) is 75.6 Å². The topological polar surface area (TPSA) is 64.1 Å². The van der Waals surface area contributed by atoms with Gasteiger partial charge in [0.15, 0.2) is 0 Å². The second kappa shape index (κ2) is 9.59. The minimum Gasteiger partial charge on any atom is -0.496 e. The molecule has 5 nitrogen and oxygen atoms in total. The highest BCUT2D eigenvalue weighted by molar-refractivity contribution is 14.1. The number of amides is 1. The first-order valence-electron chi connectivity index (χ1n) is 8.75. The van der Waals surface area contributed by atoms with Crippen LogP contribution in [0.5, 0.6) is 5.75 Å². The maximum Gasteiger partial charge on any atom is 0.270 e. The van der Waals surface area contributed by atoms with E-state index in [-0.39, 0.29) is 11.7 Å². The predicted octanol–water partition coefficient (Wildman–Crippen LogP) is 4.26. The molecule has 0 spiro atoms. The number of pyridine rings is 2. The van der Waals surface area contributed by atoms with Crippen LogP contribution in [0, 0.1) is 9.39 Å². The van der Waals surface area contributed by atoms with Crippen molar-refractivity contribution in [3.8, 4) is 16.9 Å². The highest BCUT2D eigenvalue weighted by Crippen LogP contribution is 2.29. The molecular weight excluding hydrogens is 472 g/mol. The zero-order valence-electron chi connectivity index (χ0n) is 15.3. The van der Waals surface area contributed by atoms with E-state index in [0.29, 0.717) is 25.1 Å². The van der Waals surface area contributed by atoms with Gasteiger partial charge in [0, 0.05) is 24.5 Å². The normalized spacial score (nSPS) is 10.5. The van der Waals surface area contributed by atoms with E-state index in [1.165, 1.54) is 12.3 Å². The van der Waals surface area contributed by atoms with Gasteiger partial charge in [-0.2, -0.15) is 0 Å². The van der Waals surface area contributed by atoms with Crippen LogP contribution in [-0.2, 0) is 6.42 Å². The number of hydrogen-bond acceptors (Lipinski definition) is 4. The number of nitrogens with one attached hydrogen (secondary N) is 1. The number of rotatable bonds is 7. The third-order valence-corrected chi connectivity index (χ3v) is 5.02. The first-order valence-corrected chi connectivity index (χ1v) is 9.83. The Morgan fingerprint density at radius 3 is 2.86 bits per heavy atom. The average Bonchev–Trinajstić information content (AvgIpc) is 2.71. The summed E-state index contributed by atoms with van der Waals surface area (Å²) in [5.41, 5.74) is 2.83. The number of aromatic nitrogens is 2. The van der Waals surface area contributed by atoms with Crippen molar-refractivity contribution in [1.82, 2.24) is 15.3 Å². The Hall–Kier alpha value is -2.55. The zero-order valence-corrected chi connectivity index (χ0v) is 17.4. The van der Waals surface area contributed by atoms with Crippen molar-refractivity contribution in [2.75, 3.05) is 13.7 Å². The Bertz CT molecular complexity index is 981. The molecule has 28 heavy (non-hydrogen) atoms. The van der Waals surface area contributed by atoms with Crippen molar-refractivity contribution >= 4 is 28.5 Å². The third kappa shape index (κ3) is 5.03. The fraction of sp³-hybridized carbons (Fsp3) is 0.190. The lowest BCUT2D eigenvalue weighted by molar-refractivity contribution is 0.0949. The number of benzene rings is 1. The van der Waals surface area contributed by atoms with Gasteiger partial charge in [0.2, 0.25) is 0 Å². The molecule has 144 valence electrons. The molecule has 0 bridgehead atoms. The molecule has 3 rings (SSSR count). The summed E-state index contributed by atoms with van der Waals surface area (Å²) >= 11 is 2.20. The van der Waals surface area contributed by atoms with Crippen LogP contribution in [0.25, 0.3) is 11.1 Å². The fourth-order valence-electron chi connectivity index (χ4n) is 2.82. The van der Waals surface area contributed by atoms with Crippen LogP contribution in [0.3, 0.4) is 0 Å². The molecule has 2 heterocycles. The maximum absolute atomic E-state index is 13.2. The predicted molar refractivity (Wildman–Crippen MR) is 114 cm³/mol. The van der Waals surface area contributed by atoms with Crippen molar-refractivity contribution in [2.24, 2.45) is 0 Å². The minimum atomic E-state index is -0.353. The number of carbonyl (C=O) groups excluding carboxylic acids is 1. The Balaban J connectivity index is 1.66. The molecule has 1 amide bonds. The number of ether oxygens (including phenoxy) is 1. The standard InChI is InChI=1S/C21H19FIN3O2/c1-28-19-7-6-15(11-18(19)23)17-5-3-8-25-20(17)21(27)26-9-2-4-14-10-16(22)13-24-12-14/h3,5-8,10-13H,2,4,9H2,1H3,(H,26,27). The summed E-state index contributed by atoms with van der Waals surface area (Å²) in [5.74, 6) is 0.193. The van der Waals surface area contributed by atoms with Gasteiger partial charge in [-0.25, -0.2) is 4.39 Å². The largest absolute Gasteiger partial charge is 0.496 e. The molecule has 2 aromatic heterocycles. The minimum absolute atomic E-state index is 0.237. The zero-order chi connectivity index (χ0) is 19.9. The maximum atomic E-state index is 13.2. The Labute approximate surface area is 176 Å². The molecule has 0 radical (unpaired) electrons. The van der Waals surface area contributed by atoms with Crippen LogP contribution in [-0.4, -0.2) is 29.5 Å². The van der Waals surface area contributed by atoms with Crippen LogP contribution in [0.2, 0.25) is 0 Å². The Morgan fingerprint density at radius 1 is 1.25 bits per heavy atom. The molecule has 7 heteroatoms. The van der Waals surface area contributed by atoms with Gasteiger partial charge in [-0.15, -0.1) is 0 Å². The average molecular weight is 491 g/mol. The van der Waals surface area contributed by atoms with E-state index in [1.807, 2.05) is 24.3 Å². The number of nitrogens with zero attached hydrogens (tertiary/aromatic N) is 2. The Kier molecular flexibility index (Phi) is 6.91. The van der Waals surface area contributed by atoms with E-state index in [1.54, 1.807) is 25.6 Å². The second-order valence-electron chi connectivity index (χ2n) is 6.12. The number of halogens is 2. The number of carbonyl (C=O) groups is 1. The quantitative estimate of drug-likeness (QED) is 0.397. The van der Waals surface area contributed by atoms with Gasteiger partial charge in [0.25, 0.3) is 5.91 Å². The summed E-state index contributed by atoms with van der Waals surface area (Å²) < 4.78 is 19.4. The summed E-state index contributed by atoms with van der Waals surface area (Å²) in [7, 11) is 1.63. The summed E-state index contributed by atoms with van der Waals surface area (Å²) in [6.07, 6.45) is 5.73. The van der Waals surface area contributed by atoms with Crippen molar-refractivity contribution in [3.63, 3.8) is 0 Å². The summed E-state index contributed by atoms with van der Waals surface area (Å²) in [5, 5.41) is 2.89. The van der Waals surface area contributed by atoms with Gasteiger partial charge in [-0.1, -0.05) is 12.1 Å². The van der Waals surface area contributed by atoms with Gasteiger partial charge in [-0.3, -0.25) is 14.8 Å². The monoisotopic (exact) mass is 491 g/mol. The SMILES string of the molecule is COc1ccc(-c2cccnc2C(=O)NCCCc2cncc(F)c2)cc1I. The molecule has 0 saturated carbocycles. The van der Waals surface area contributed by atoms with Crippen LogP contribution in [0.1, 0.15) is 22.5 Å². The van der Waals surface area contributed by atoms with Gasteiger partial charge < -0.3 is 10.1 Å². The molecule has 0 aliphatic rings. The van der Waals surface area contributed by atoms with Gasteiger partial charge >= 0.3 is 0 Å². The van der Waals surface area contributed by atoms with Gasteiger partial charge in [0.05, 0.1) is 16.9 Å². The molecular formula is C21H19FIN3O2. The molecule has 0 aliphatic heterocycles. The lowest BCUT2D eigenvalue weighted by Gasteiger charge is -2.11. The molecule has 0 aliphatic carbocycles.